The first-order valence-electron chi connectivity index (χ1n) is 5.54. The van der Waals surface area contributed by atoms with Gasteiger partial charge in [-0.1, -0.05) is 18.2 Å². The molecule has 0 aliphatic rings. The van der Waals surface area contributed by atoms with Gasteiger partial charge in [0.2, 0.25) is 0 Å². The first-order chi connectivity index (χ1) is 8.22. The van der Waals surface area contributed by atoms with E-state index in [-0.39, 0.29) is 5.97 Å². The van der Waals surface area contributed by atoms with Crippen LogP contribution in [-0.4, -0.2) is 25.7 Å². The monoisotopic (exact) mass is 232 g/mol. The van der Waals surface area contributed by atoms with Gasteiger partial charge in [0.25, 0.3) is 0 Å². The highest BCUT2D eigenvalue weighted by molar-refractivity contribution is 5.76. The number of carbonyl (C=O) groups is 1. The highest BCUT2D eigenvalue weighted by Crippen LogP contribution is 2.10. The van der Waals surface area contributed by atoms with E-state index in [1.54, 1.807) is 26.1 Å². The fourth-order valence-corrected chi connectivity index (χ4v) is 1.57. The highest BCUT2D eigenvalue weighted by Gasteiger charge is 2.19. The molecule has 90 valence electrons. The number of nitriles is 1. The van der Waals surface area contributed by atoms with Crippen LogP contribution in [0.2, 0.25) is 0 Å². The minimum Gasteiger partial charge on any atom is -0.465 e. The van der Waals surface area contributed by atoms with Crippen LogP contribution >= 0.6 is 0 Å². The van der Waals surface area contributed by atoms with Crippen molar-refractivity contribution >= 4 is 5.97 Å². The van der Waals surface area contributed by atoms with Gasteiger partial charge < -0.3 is 10.1 Å². The maximum absolute atomic E-state index is 11.6. The predicted molar refractivity (Wildman–Crippen MR) is 64.3 cm³/mol. The Morgan fingerprint density at radius 3 is 2.82 bits per heavy atom. The van der Waals surface area contributed by atoms with E-state index in [0.717, 1.165) is 5.56 Å². The average Bonchev–Trinajstić information content (AvgIpc) is 2.36. The van der Waals surface area contributed by atoms with Gasteiger partial charge in [0.1, 0.15) is 6.04 Å². The zero-order chi connectivity index (χ0) is 12.7. The van der Waals surface area contributed by atoms with Crippen LogP contribution in [0, 0.1) is 11.3 Å². The van der Waals surface area contributed by atoms with Gasteiger partial charge in [-0.3, -0.25) is 4.79 Å². The Labute approximate surface area is 101 Å². The molecule has 0 spiro atoms. The van der Waals surface area contributed by atoms with Crippen molar-refractivity contribution in [1.29, 1.82) is 5.26 Å². The van der Waals surface area contributed by atoms with Crippen LogP contribution in [-0.2, 0) is 16.0 Å². The summed E-state index contributed by atoms with van der Waals surface area (Å²) in [5.74, 6) is -0.289. The van der Waals surface area contributed by atoms with E-state index in [9.17, 15) is 4.79 Å². The summed E-state index contributed by atoms with van der Waals surface area (Å²) in [5.41, 5.74) is 1.44. The molecule has 0 aromatic heterocycles. The molecule has 0 saturated heterocycles. The normalized spacial score (nSPS) is 11.6. The number of esters is 1. The molecule has 1 aromatic carbocycles. The number of likely N-dealkylation sites (N-methyl/N-ethyl adjacent to an activating group) is 1. The van der Waals surface area contributed by atoms with Gasteiger partial charge in [-0.15, -0.1) is 0 Å². The third-order valence-electron chi connectivity index (χ3n) is 2.48. The molecule has 4 nitrogen and oxygen atoms in total. The minimum absolute atomic E-state index is 0.289. The van der Waals surface area contributed by atoms with Gasteiger partial charge in [-0.05, 0) is 32.0 Å². The maximum Gasteiger partial charge on any atom is 0.323 e. The molecule has 1 N–H and O–H groups in total. The largest absolute Gasteiger partial charge is 0.465 e. The molecule has 0 amide bonds. The van der Waals surface area contributed by atoms with Gasteiger partial charge in [-0.25, -0.2) is 0 Å². The summed E-state index contributed by atoms with van der Waals surface area (Å²) < 4.78 is 4.96. The molecule has 17 heavy (non-hydrogen) atoms. The number of benzene rings is 1. The lowest BCUT2D eigenvalue weighted by Gasteiger charge is -2.15. The smallest absolute Gasteiger partial charge is 0.323 e. The molecule has 0 fully saturated rings. The molecule has 4 heteroatoms. The van der Waals surface area contributed by atoms with Crippen LogP contribution in [0.15, 0.2) is 24.3 Å². The molecule has 1 aromatic rings. The molecule has 0 aliphatic carbocycles. The van der Waals surface area contributed by atoms with E-state index in [4.69, 9.17) is 10.00 Å². The number of nitrogens with one attached hydrogen (secondary N) is 1. The number of carbonyl (C=O) groups excluding carboxylic acids is 1. The number of ether oxygens (including phenoxy) is 1. The van der Waals surface area contributed by atoms with Gasteiger partial charge in [0.05, 0.1) is 18.2 Å². The second-order valence-electron chi connectivity index (χ2n) is 3.57. The summed E-state index contributed by atoms with van der Waals surface area (Å²) in [4.78, 5) is 11.6. The van der Waals surface area contributed by atoms with Crippen molar-refractivity contribution in [2.75, 3.05) is 13.7 Å². The fraction of sp³-hybridized carbons (Fsp3) is 0.385. The van der Waals surface area contributed by atoms with Crippen molar-refractivity contribution in [2.24, 2.45) is 0 Å². The molecule has 0 bridgehead atoms. The van der Waals surface area contributed by atoms with Crippen molar-refractivity contribution in [2.45, 2.75) is 19.4 Å². The van der Waals surface area contributed by atoms with Crippen molar-refractivity contribution in [3.05, 3.63) is 35.4 Å². The summed E-state index contributed by atoms with van der Waals surface area (Å²) in [5, 5.41) is 11.9. The van der Waals surface area contributed by atoms with Crippen LogP contribution in [0.3, 0.4) is 0 Å². The van der Waals surface area contributed by atoms with Crippen molar-refractivity contribution < 1.29 is 9.53 Å². The minimum atomic E-state index is -0.413. The number of hydrogen-bond acceptors (Lipinski definition) is 4. The first-order valence-corrected chi connectivity index (χ1v) is 5.54. The Kier molecular flexibility index (Phi) is 5.18. The molecule has 0 aliphatic heterocycles. The quantitative estimate of drug-likeness (QED) is 0.776. The van der Waals surface area contributed by atoms with Crippen LogP contribution in [0.1, 0.15) is 18.1 Å². The van der Waals surface area contributed by atoms with E-state index >= 15 is 0 Å². The summed E-state index contributed by atoms with van der Waals surface area (Å²) in [7, 11) is 1.70. The van der Waals surface area contributed by atoms with E-state index < -0.39 is 6.04 Å². The van der Waals surface area contributed by atoms with E-state index in [2.05, 4.69) is 11.4 Å². The Hall–Kier alpha value is -1.86. The number of hydrogen-bond donors (Lipinski definition) is 1. The third kappa shape index (κ3) is 3.58. The SMILES string of the molecule is CCOC(=O)C(Cc1ccccc1C#N)NC. The Morgan fingerprint density at radius 2 is 2.24 bits per heavy atom. The number of rotatable bonds is 5. The van der Waals surface area contributed by atoms with Crippen LogP contribution < -0.4 is 5.32 Å². The molecule has 0 heterocycles. The first kappa shape index (κ1) is 13.2. The third-order valence-corrected chi connectivity index (χ3v) is 2.48. The maximum atomic E-state index is 11.6. The summed E-state index contributed by atoms with van der Waals surface area (Å²) in [6.45, 7) is 2.13. The number of nitrogens with zero attached hydrogens (tertiary/aromatic N) is 1. The molecular formula is C13H16N2O2. The van der Waals surface area contributed by atoms with E-state index in [1.807, 2.05) is 12.1 Å². The Bertz CT molecular complexity index is 424. The lowest BCUT2D eigenvalue weighted by atomic mass is 10.0. The average molecular weight is 232 g/mol. The van der Waals surface area contributed by atoms with E-state index in [0.29, 0.717) is 18.6 Å². The molecule has 1 atom stereocenters. The highest BCUT2D eigenvalue weighted by atomic mass is 16.5. The molecule has 0 saturated carbocycles. The second-order valence-corrected chi connectivity index (χ2v) is 3.57. The summed E-state index contributed by atoms with van der Waals surface area (Å²) in [6, 6.07) is 8.96. The standard InChI is InChI=1S/C13H16N2O2/c1-3-17-13(16)12(15-2)8-10-6-4-5-7-11(10)9-14/h4-7,12,15H,3,8H2,1-2H3. The van der Waals surface area contributed by atoms with Crippen LogP contribution in [0.5, 0.6) is 0 Å². The van der Waals surface area contributed by atoms with Crippen LogP contribution in [0.4, 0.5) is 0 Å². The Balaban J connectivity index is 2.81. The van der Waals surface area contributed by atoms with E-state index in [1.165, 1.54) is 0 Å². The van der Waals surface area contributed by atoms with Gasteiger partial charge >= 0.3 is 5.97 Å². The zero-order valence-corrected chi connectivity index (χ0v) is 10.1. The second kappa shape index (κ2) is 6.66. The molecule has 1 unspecified atom stereocenters. The van der Waals surface area contributed by atoms with Crippen molar-refractivity contribution in [3.8, 4) is 6.07 Å². The van der Waals surface area contributed by atoms with Crippen LogP contribution in [0.25, 0.3) is 0 Å². The van der Waals surface area contributed by atoms with Crippen molar-refractivity contribution in [3.63, 3.8) is 0 Å². The predicted octanol–water partition coefficient (Wildman–Crippen LogP) is 1.25. The molecule has 1 rings (SSSR count). The van der Waals surface area contributed by atoms with Gasteiger partial charge in [-0.2, -0.15) is 5.26 Å². The van der Waals surface area contributed by atoms with Gasteiger partial charge in [0.15, 0.2) is 0 Å². The van der Waals surface area contributed by atoms with Crippen molar-refractivity contribution in [1.82, 2.24) is 5.32 Å². The molecule has 0 radical (unpaired) electrons. The summed E-state index contributed by atoms with van der Waals surface area (Å²) >= 11 is 0. The summed E-state index contributed by atoms with van der Waals surface area (Å²) in [6.07, 6.45) is 0.457. The zero-order valence-electron chi connectivity index (χ0n) is 10.1. The molecular weight excluding hydrogens is 216 g/mol. The lowest BCUT2D eigenvalue weighted by molar-refractivity contribution is -0.145. The fourth-order valence-electron chi connectivity index (χ4n) is 1.57. The van der Waals surface area contributed by atoms with Gasteiger partial charge in [0, 0.05) is 0 Å². The topological polar surface area (TPSA) is 62.1 Å². The lowest BCUT2D eigenvalue weighted by Crippen LogP contribution is -2.37. The Morgan fingerprint density at radius 1 is 1.53 bits per heavy atom.